The first-order valence-electron chi connectivity index (χ1n) is 11.0. The highest BCUT2D eigenvalue weighted by molar-refractivity contribution is 7.09. The Balaban J connectivity index is 1.22. The van der Waals surface area contributed by atoms with Gasteiger partial charge in [-0.05, 0) is 49.9 Å². The number of amides is 1. The number of carbonyl (C=O) groups excluding carboxylic acids is 1. The van der Waals surface area contributed by atoms with Crippen molar-refractivity contribution < 1.29 is 9.53 Å². The fourth-order valence-electron chi connectivity index (χ4n) is 3.96. The summed E-state index contributed by atoms with van der Waals surface area (Å²) in [6.07, 6.45) is 3.02. The second kappa shape index (κ2) is 10.7. The van der Waals surface area contributed by atoms with Crippen LogP contribution in [-0.2, 0) is 6.61 Å². The van der Waals surface area contributed by atoms with E-state index in [-0.39, 0.29) is 5.91 Å². The zero-order valence-electron chi connectivity index (χ0n) is 18.6. The number of nitrogens with zero attached hydrogens (tertiary/aromatic N) is 2. The molecule has 2 heterocycles. The van der Waals surface area contributed by atoms with Gasteiger partial charge in [-0.15, -0.1) is 11.3 Å². The maximum atomic E-state index is 12.9. The van der Waals surface area contributed by atoms with Crippen molar-refractivity contribution in [1.82, 2.24) is 20.7 Å². The molecule has 2 atom stereocenters. The lowest BCUT2D eigenvalue weighted by Gasteiger charge is -2.19. The van der Waals surface area contributed by atoms with E-state index in [4.69, 9.17) is 4.74 Å². The fraction of sp³-hybridized carbons (Fsp3) is 0.360. The Kier molecular flexibility index (Phi) is 7.52. The predicted octanol–water partition coefficient (Wildman–Crippen LogP) is 4.49. The molecule has 2 aromatic carbocycles. The number of aromatic nitrogens is 1. The summed E-state index contributed by atoms with van der Waals surface area (Å²) < 4.78 is 5.83. The molecule has 2 unspecified atom stereocenters. The summed E-state index contributed by atoms with van der Waals surface area (Å²) in [5, 5.41) is 3.02. The van der Waals surface area contributed by atoms with Gasteiger partial charge in [-0.3, -0.25) is 15.6 Å². The normalized spacial score (nSPS) is 17.9. The Morgan fingerprint density at radius 2 is 2.03 bits per heavy atom. The van der Waals surface area contributed by atoms with Gasteiger partial charge in [-0.2, -0.15) is 0 Å². The third-order valence-electron chi connectivity index (χ3n) is 5.71. The van der Waals surface area contributed by atoms with Gasteiger partial charge in [0.25, 0.3) is 5.91 Å². The molecule has 0 radical (unpaired) electrons. The lowest BCUT2D eigenvalue weighted by atomic mass is 10.00. The van der Waals surface area contributed by atoms with E-state index in [0.29, 0.717) is 30.0 Å². The Bertz CT molecular complexity index is 1020. The van der Waals surface area contributed by atoms with Gasteiger partial charge in [-0.1, -0.05) is 36.4 Å². The molecule has 7 heteroatoms. The lowest BCUT2D eigenvalue weighted by molar-refractivity contribution is 0.0791. The van der Waals surface area contributed by atoms with Gasteiger partial charge in [-0.25, -0.2) is 4.98 Å². The van der Waals surface area contributed by atoms with Gasteiger partial charge in [0, 0.05) is 36.6 Å². The molecule has 0 spiro atoms. The van der Waals surface area contributed by atoms with Gasteiger partial charge >= 0.3 is 0 Å². The van der Waals surface area contributed by atoms with Gasteiger partial charge in [0.1, 0.15) is 12.4 Å². The van der Waals surface area contributed by atoms with Crippen molar-refractivity contribution in [1.29, 1.82) is 0 Å². The monoisotopic (exact) mass is 450 g/mol. The Morgan fingerprint density at radius 3 is 2.81 bits per heavy atom. The van der Waals surface area contributed by atoms with E-state index in [0.717, 1.165) is 36.5 Å². The largest absolute Gasteiger partial charge is 0.487 e. The van der Waals surface area contributed by atoms with Crippen LogP contribution in [0.5, 0.6) is 5.75 Å². The zero-order valence-corrected chi connectivity index (χ0v) is 19.4. The summed E-state index contributed by atoms with van der Waals surface area (Å²) >= 11 is 1.61. The number of thiazole rings is 1. The minimum Gasteiger partial charge on any atom is -0.487 e. The molecule has 1 aliphatic rings. The minimum absolute atomic E-state index is 0.0135. The van der Waals surface area contributed by atoms with Crippen LogP contribution in [0.4, 0.5) is 0 Å². The number of benzene rings is 2. The third kappa shape index (κ3) is 5.94. The van der Waals surface area contributed by atoms with E-state index in [1.807, 2.05) is 49.7 Å². The summed E-state index contributed by atoms with van der Waals surface area (Å²) in [5.41, 5.74) is 9.65. The van der Waals surface area contributed by atoms with Crippen LogP contribution < -0.4 is 15.6 Å². The average molecular weight is 451 g/mol. The van der Waals surface area contributed by atoms with E-state index >= 15 is 0 Å². The van der Waals surface area contributed by atoms with Crippen LogP contribution in [0.1, 0.15) is 51.9 Å². The molecule has 1 aromatic heterocycles. The second-order valence-corrected chi connectivity index (χ2v) is 9.29. The predicted molar refractivity (Wildman–Crippen MR) is 128 cm³/mol. The quantitative estimate of drug-likeness (QED) is 0.503. The summed E-state index contributed by atoms with van der Waals surface area (Å²) in [6, 6.07) is 18.6. The van der Waals surface area contributed by atoms with Crippen LogP contribution in [-0.4, -0.2) is 35.4 Å². The summed E-state index contributed by atoms with van der Waals surface area (Å²) in [6.45, 7) is 3.10. The molecule has 1 aliphatic heterocycles. The maximum absolute atomic E-state index is 12.9. The number of hydrogen-bond acceptors (Lipinski definition) is 6. The molecule has 168 valence electrons. The smallest absolute Gasteiger partial charge is 0.253 e. The van der Waals surface area contributed by atoms with Crippen LogP contribution in [0.25, 0.3) is 0 Å². The van der Waals surface area contributed by atoms with Crippen molar-refractivity contribution in [3.05, 3.63) is 81.8 Å². The number of ether oxygens (including phenoxy) is 1. The molecular formula is C25H30N4O2S. The minimum atomic E-state index is 0.0135. The number of hydrogen-bond donors (Lipinski definition) is 2. The van der Waals surface area contributed by atoms with Gasteiger partial charge < -0.3 is 9.64 Å². The summed E-state index contributed by atoms with van der Waals surface area (Å²) in [4.78, 5) is 19.1. The zero-order chi connectivity index (χ0) is 22.3. The Labute approximate surface area is 193 Å². The number of rotatable bonds is 9. The van der Waals surface area contributed by atoms with Crippen molar-refractivity contribution in [3.63, 3.8) is 0 Å². The highest BCUT2D eigenvalue weighted by atomic mass is 32.1. The average Bonchev–Trinajstić information content (AvgIpc) is 3.47. The first-order valence-corrected chi connectivity index (χ1v) is 11.9. The van der Waals surface area contributed by atoms with Crippen LogP contribution >= 0.6 is 11.3 Å². The lowest BCUT2D eigenvalue weighted by Crippen LogP contribution is -2.32. The summed E-state index contributed by atoms with van der Waals surface area (Å²) in [5.74, 6) is 0.697. The topological polar surface area (TPSA) is 66.5 Å². The van der Waals surface area contributed by atoms with Crippen molar-refractivity contribution in [2.24, 2.45) is 0 Å². The van der Waals surface area contributed by atoms with Crippen molar-refractivity contribution in [2.45, 2.75) is 44.9 Å². The molecule has 1 fully saturated rings. The molecule has 0 saturated carbocycles. The first-order chi connectivity index (χ1) is 15.6. The van der Waals surface area contributed by atoms with Crippen molar-refractivity contribution in [2.75, 3.05) is 13.6 Å². The molecule has 0 bridgehead atoms. The van der Waals surface area contributed by atoms with E-state index in [1.165, 1.54) is 5.56 Å². The van der Waals surface area contributed by atoms with E-state index < -0.39 is 0 Å². The maximum Gasteiger partial charge on any atom is 0.253 e. The standard InChI is InChI=1S/C25H30N4O2S/c1-18-26-22(17-32-18)16-31-23-12-6-10-20(14-23)25(30)29(2)13-7-11-21-15-24(28-27-21)19-8-4-3-5-9-19/h3-6,8-10,12,14,17,21,24,27-28H,7,11,13,15-16H2,1-2H3. The van der Waals surface area contributed by atoms with Crippen molar-refractivity contribution >= 4 is 17.2 Å². The number of carbonyl (C=O) groups is 1. The van der Waals surface area contributed by atoms with Crippen molar-refractivity contribution in [3.8, 4) is 5.75 Å². The molecule has 3 aromatic rings. The van der Waals surface area contributed by atoms with Gasteiger partial charge in [0.05, 0.1) is 10.7 Å². The van der Waals surface area contributed by atoms with Crippen LogP contribution in [0.15, 0.2) is 60.0 Å². The van der Waals surface area contributed by atoms with E-state index in [2.05, 4.69) is 40.1 Å². The SMILES string of the molecule is Cc1nc(COc2cccc(C(=O)N(C)CCCC3CC(c4ccccc4)NN3)c2)cs1. The summed E-state index contributed by atoms with van der Waals surface area (Å²) in [7, 11) is 1.86. The van der Waals surface area contributed by atoms with Crippen LogP contribution in [0, 0.1) is 6.92 Å². The van der Waals surface area contributed by atoms with E-state index in [9.17, 15) is 4.79 Å². The molecule has 4 rings (SSSR count). The first kappa shape index (κ1) is 22.5. The van der Waals surface area contributed by atoms with Crippen LogP contribution in [0.3, 0.4) is 0 Å². The fourth-order valence-corrected chi connectivity index (χ4v) is 4.56. The Morgan fingerprint density at radius 1 is 1.19 bits per heavy atom. The van der Waals surface area contributed by atoms with E-state index in [1.54, 1.807) is 16.2 Å². The molecule has 2 N–H and O–H groups in total. The molecule has 0 aliphatic carbocycles. The third-order valence-corrected chi connectivity index (χ3v) is 6.53. The molecule has 1 amide bonds. The van der Waals surface area contributed by atoms with Crippen LogP contribution in [0.2, 0.25) is 0 Å². The van der Waals surface area contributed by atoms with Gasteiger partial charge in [0.15, 0.2) is 0 Å². The molecular weight excluding hydrogens is 420 g/mol. The molecule has 1 saturated heterocycles. The second-order valence-electron chi connectivity index (χ2n) is 8.23. The highest BCUT2D eigenvalue weighted by Gasteiger charge is 2.24. The van der Waals surface area contributed by atoms with Gasteiger partial charge in [0.2, 0.25) is 0 Å². The highest BCUT2D eigenvalue weighted by Crippen LogP contribution is 2.24. The number of aryl methyl sites for hydroxylation is 1. The Hall–Kier alpha value is -2.74. The molecule has 6 nitrogen and oxygen atoms in total. The number of hydrazine groups is 1. The number of nitrogens with one attached hydrogen (secondary N) is 2. The molecule has 32 heavy (non-hydrogen) atoms.